The van der Waals surface area contributed by atoms with Gasteiger partial charge in [0.15, 0.2) is 0 Å². The third kappa shape index (κ3) is 5.57. The van der Waals surface area contributed by atoms with Gasteiger partial charge in [-0.3, -0.25) is 4.79 Å². The van der Waals surface area contributed by atoms with Gasteiger partial charge >= 0.3 is 6.18 Å². The molecule has 146 valence electrons. The van der Waals surface area contributed by atoms with Crippen LogP contribution in [0.2, 0.25) is 0 Å². The summed E-state index contributed by atoms with van der Waals surface area (Å²) >= 11 is 0. The largest absolute Gasteiger partial charge is 0.416 e. The van der Waals surface area contributed by atoms with Gasteiger partial charge in [0.1, 0.15) is 11.6 Å². The number of hydrogen-bond donors (Lipinski definition) is 3. The van der Waals surface area contributed by atoms with Crippen LogP contribution in [0.15, 0.2) is 65.2 Å². The molecule has 0 atom stereocenters. The number of nitrogens with one attached hydrogen (secondary N) is 2. The third-order valence-corrected chi connectivity index (χ3v) is 4.33. The van der Waals surface area contributed by atoms with Crippen LogP contribution in [0.1, 0.15) is 5.56 Å². The lowest BCUT2D eigenvalue weighted by Crippen LogP contribution is -2.15. The van der Waals surface area contributed by atoms with Gasteiger partial charge in [0.25, 0.3) is 5.91 Å². The maximum atomic E-state index is 12.5. The molecule has 11 heteroatoms. The fourth-order valence-electron chi connectivity index (χ4n) is 1.99. The summed E-state index contributed by atoms with van der Waals surface area (Å²) in [5.74, 6) is -0.801. The van der Waals surface area contributed by atoms with Crippen LogP contribution in [0.5, 0.6) is 0 Å². The van der Waals surface area contributed by atoms with E-state index >= 15 is 0 Å². The zero-order valence-corrected chi connectivity index (χ0v) is 14.8. The van der Waals surface area contributed by atoms with Crippen molar-refractivity contribution in [2.75, 3.05) is 10.6 Å². The Morgan fingerprint density at radius 1 is 1.04 bits per heavy atom. The minimum atomic E-state index is -4.47. The van der Waals surface area contributed by atoms with Gasteiger partial charge in [0, 0.05) is 17.6 Å². The highest BCUT2D eigenvalue weighted by Crippen LogP contribution is 2.29. The Morgan fingerprint density at radius 2 is 1.57 bits per heavy atom. The average molecular weight is 410 g/mol. The number of hydrogen-bond acceptors (Lipinski definition) is 5. The fraction of sp³-hybridized carbons (Fsp3) is 0.0588. The number of carbonyl (C=O) groups excluding carboxylic acids is 1. The zero-order valence-electron chi connectivity index (χ0n) is 14.0. The molecule has 0 heterocycles. The Bertz CT molecular complexity index is 1040. The van der Waals surface area contributed by atoms with Crippen molar-refractivity contribution in [2.45, 2.75) is 11.1 Å². The van der Waals surface area contributed by atoms with E-state index in [1.165, 1.54) is 24.3 Å². The van der Waals surface area contributed by atoms with Gasteiger partial charge in [0.05, 0.1) is 10.5 Å². The molecule has 1 amide bonds. The van der Waals surface area contributed by atoms with Gasteiger partial charge in [-0.1, -0.05) is 0 Å². The van der Waals surface area contributed by atoms with Crippen LogP contribution in [-0.2, 0) is 21.0 Å². The molecule has 4 N–H and O–H groups in total. The predicted octanol–water partition coefficient (Wildman–Crippen LogP) is 2.81. The molecule has 0 radical (unpaired) electrons. The van der Waals surface area contributed by atoms with Gasteiger partial charge in [-0.15, -0.1) is 0 Å². The Balaban J connectivity index is 2.07. The number of halogens is 3. The number of alkyl halides is 3. The summed E-state index contributed by atoms with van der Waals surface area (Å²) in [6, 6.07) is 10.6. The summed E-state index contributed by atoms with van der Waals surface area (Å²) in [5, 5.41) is 19.0. The van der Waals surface area contributed by atoms with Crippen molar-refractivity contribution in [1.29, 1.82) is 5.26 Å². The second kappa shape index (κ2) is 8.12. The zero-order chi connectivity index (χ0) is 20.9. The van der Waals surface area contributed by atoms with E-state index in [2.05, 4.69) is 10.6 Å². The number of rotatable bonds is 5. The van der Waals surface area contributed by atoms with E-state index < -0.39 is 27.7 Å². The molecule has 0 fully saturated rings. The monoisotopic (exact) mass is 410 g/mol. The first kappa shape index (κ1) is 20.9. The predicted molar refractivity (Wildman–Crippen MR) is 95.2 cm³/mol. The van der Waals surface area contributed by atoms with Crippen LogP contribution < -0.4 is 15.8 Å². The Morgan fingerprint density at radius 3 is 2.04 bits per heavy atom. The van der Waals surface area contributed by atoms with E-state index in [4.69, 9.17) is 10.4 Å². The molecule has 0 aliphatic carbocycles. The van der Waals surface area contributed by atoms with Crippen molar-refractivity contribution in [1.82, 2.24) is 0 Å². The highest BCUT2D eigenvalue weighted by Gasteiger charge is 2.29. The van der Waals surface area contributed by atoms with Gasteiger partial charge in [0.2, 0.25) is 10.0 Å². The standard InChI is InChI=1S/C17H13F3N4O3S/c18-17(19,20)12-1-3-13(4-2-12)23-10-11(9-21)16(25)24-14-5-7-15(8-6-14)28(22,26)27/h1-8,10,23H,(H,24,25)(H2,22,26,27)/b11-10-. The van der Waals surface area contributed by atoms with E-state index in [-0.39, 0.29) is 21.8 Å². The molecule has 0 spiro atoms. The van der Waals surface area contributed by atoms with Crippen LogP contribution >= 0.6 is 0 Å². The highest BCUT2D eigenvalue weighted by molar-refractivity contribution is 7.89. The lowest BCUT2D eigenvalue weighted by Gasteiger charge is -2.08. The van der Waals surface area contributed by atoms with Gasteiger partial charge < -0.3 is 10.6 Å². The van der Waals surface area contributed by atoms with Gasteiger partial charge in [-0.2, -0.15) is 18.4 Å². The summed E-state index contributed by atoms with van der Waals surface area (Å²) in [5.41, 5.74) is -0.724. The van der Waals surface area contributed by atoms with E-state index in [1.54, 1.807) is 6.07 Å². The molecule has 28 heavy (non-hydrogen) atoms. The number of amides is 1. The molecular weight excluding hydrogens is 397 g/mol. The molecule has 0 aliphatic heterocycles. The molecule has 0 unspecified atom stereocenters. The molecule has 0 saturated carbocycles. The summed E-state index contributed by atoms with van der Waals surface area (Å²) in [6.07, 6.45) is -3.43. The maximum Gasteiger partial charge on any atom is 0.416 e. The highest BCUT2D eigenvalue weighted by atomic mass is 32.2. The third-order valence-electron chi connectivity index (χ3n) is 3.40. The Kier molecular flexibility index (Phi) is 6.07. The Labute approximate surface area is 158 Å². The fourth-order valence-corrected chi connectivity index (χ4v) is 2.50. The molecule has 0 saturated heterocycles. The van der Waals surface area contributed by atoms with Crippen molar-refractivity contribution < 1.29 is 26.4 Å². The van der Waals surface area contributed by atoms with Crippen LogP contribution in [0.3, 0.4) is 0 Å². The van der Waals surface area contributed by atoms with E-state index in [9.17, 15) is 26.4 Å². The second-order valence-electron chi connectivity index (χ2n) is 5.41. The van der Waals surface area contributed by atoms with E-state index in [0.717, 1.165) is 30.5 Å². The summed E-state index contributed by atoms with van der Waals surface area (Å²) in [4.78, 5) is 12.0. The summed E-state index contributed by atoms with van der Waals surface area (Å²) < 4.78 is 59.9. The van der Waals surface area contributed by atoms with Crippen LogP contribution in [0, 0.1) is 11.3 Å². The number of benzene rings is 2. The van der Waals surface area contributed by atoms with Gasteiger partial charge in [-0.25, -0.2) is 13.6 Å². The van der Waals surface area contributed by atoms with Crippen LogP contribution in [0.25, 0.3) is 0 Å². The normalized spacial score (nSPS) is 12.2. The summed E-state index contributed by atoms with van der Waals surface area (Å²) in [6.45, 7) is 0. The average Bonchev–Trinajstić information content (AvgIpc) is 2.61. The minimum absolute atomic E-state index is 0.148. The van der Waals surface area contributed by atoms with Crippen molar-refractivity contribution in [3.63, 3.8) is 0 Å². The number of anilines is 2. The van der Waals surface area contributed by atoms with E-state index in [1.807, 2.05) is 0 Å². The lowest BCUT2D eigenvalue weighted by atomic mass is 10.2. The van der Waals surface area contributed by atoms with Gasteiger partial charge in [-0.05, 0) is 48.5 Å². The topological polar surface area (TPSA) is 125 Å². The first-order valence-corrected chi connectivity index (χ1v) is 9.03. The molecule has 0 aliphatic rings. The number of nitrogens with zero attached hydrogens (tertiary/aromatic N) is 1. The number of carbonyl (C=O) groups is 1. The number of sulfonamides is 1. The number of primary sulfonamides is 1. The lowest BCUT2D eigenvalue weighted by molar-refractivity contribution is -0.137. The van der Waals surface area contributed by atoms with Crippen LogP contribution in [0.4, 0.5) is 24.5 Å². The maximum absolute atomic E-state index is 12.5. The number of nitriles is 1. The molecule has 2 aromatic carbocycles. The quantitative estimate of drug-likeness (QED) is 0.516. The summed E-state index contributed by atoms with van der Waals surface area (Å²) in [7, 11) is -3.88. The molecule has 7 nitrogen and oxygen atoms in total. The SMILES string of the molecule is N#C/C(=C/Nc1ccc(C(F)(F)F)cc1)C(=O)Nc1ccc(S(N)(=O)=O)cc1. The molecule has 2 aromatic rings. The molecule has 0 aromatic heterocycles. The first-order chi connectivity index (χ1) is 13.0. The van der Waals surface area contributed by atoms with Crippen molar-refractivity contribution in [3.05, 3.63) is 65.9 Å². The van der Waals surface area contributed by atoms with Crippen molar-refractivity contribution >= 4 is 27.3 Å². The first-order valence-electron chi connectivity index (χ1n) is 7.49. The molecule has 2 rings (SSSR count). The second-order valence-corrected chi connectivity index (χ2v) is 6.97. The smallest absolute Gasteiger partial charge is 0.360 e. The number of nitrogens with two attached hydrogens (primary N) is 1. The Hall–Kier alpha value is -3.36. The van der Waals surface area contributed by atoms with Crippen LogP contribution in [-0.4, -0.2) is 14.3 Å². The van der Waals surface area contributed by atoms with Crippen molar-refractivity contribution in [2.24, 2.45) is 5.14 Å². The van der Waals surface area contributed by atoms with Crippen molar-refractivity contribution in [3.8, 4) is 6.07 Å². The molecule has 0 bridgehead atoms. The minimum Gasteiger partial charge on any atom is -0.360 e. The molecular formula is C17H13F3N4O3S. The van der Waals surface area contributed by atoms with E-state index in [0.29, 0.717) is 0 Å².